The summed E-state index contributed by atoms with van der Waals surface area (Å²) in [4.78, 5) is 24.7. The van der Waals surface area contributed by atoms with E-state index in [1.807, 2.05) is 6.92 Å². The third kappa shape index (κ3) is 5.00. The standard InChI is InChI=1S/C21H19ClFN3O3/c1-3-18(21(28)24-15-7-4-13(2)17(22)12-15)29-19-10-11-20(27)26(25-19)16-8-5-14(23)6-9-16/h4-12,18H,3H2,1-2H3,(H,24,28)/t18-/m0/s1. The summed E-state index contributed by atoms with van der Waals surface area (Å²) < 4.78 is 19.9. The first kappa shape index (κ1) is 20.5. The molecular weight excluding hydrogens is 397 g/mol. The lowest BCUT2D eigenvalue weighted by Gasteiger charge is -2.17. The summed E-state index contributed by atoms with van der Waals surface area (Å²) in [7, 11) is 0. The molecule has 0 unspecified atom stereocenters. The van der Waals surface area contributed by atoms with E-state index in [0.717, 1.165) is 10.2 Å². The number of aromatic nitrogens is 2. The maximum Gasteiger partial charge on any atom is 0.271 e. The summed E-state index contributed by atoms with van der Waals surface area (Å²) in [5.41, 5.74) is 1.43. The maximum absolute atomic E-state index is 13.1. The number of halogens is 2. The van der Waals surface area contributed by atoms with Crippen molar-refractivity contribution in [2.24, 2.45) is 0 Å². The summed E-state index contributed by atoms with van der Waals surface area (Å²) in [5, 5.41) is 7.44. The molecule has 1 atom stereocenters. The molecule has 0 aliphatic rings. The van der Waals surface area contributed by atoms with Crippen molar-refractivity contribution < 1.29 is 13.9 Å². The van der Waals surface area contributed by atoms with Gasteiger partial charge in [-0.3, -0.25) is 9.59 Å². The third-order valence-corrected chi connectivity index (χ3v) is 4.62. The Hall–Kier alpha value is -3.19. The topological polar surface area (TPSA) is 73.2 Å². The number of rotatable bonds is 6. The molecule has 6 nitrogen and oxygen atoms in total. The molecule has 1 N–H and O–H groups in total. The quantitative estimate of drug-likeness (QED) is 0.657. The Bertz CT molecular complexity index is 1080. The van der Waals surface area contributed by atoms with Gasteiger partial charge in [0.2, 0.25) is 5.88 Å². The largest absolute Gasteiger partial charge is 0.463 e. The molecule has 3 aromatic rings. The van der Waals surface area contributed by atoms with E-state index < -0.39 is 17.5 Å². The number of amides is 1. The van der Waals surface area contributed by atoms with Gasteiger partial charge in [-0.15, -0.1) is 5.10 Å². The lowest BCUT2D eigenvalue weighted by molar-refractivity contribution is -0.123. The number of hydrogen-bond acceptors (Lipinski definition) is 4. The molecule has 0 saturated carbocycles. The van der Waals surface area contributed by atoms with Gasteiger partial charge in [0.1, 0.15) is 5.82 Å². The van der Waals surface area contributed by atoms with Crippen molar-refractivity contribution in [1.82, 2.24) is 9.78 Å². The molecule has 1 aromatic heterocycles. The third-order valence-electron chi connectivity index (χ3n) is 4.21. The van der Waals surface area contributed by atoms with Crippen molar-refractivity contribution in [3.05, 3.63) is 81.4 Å². The van der Waals surface area contributed by atoms with E-state index in [0.29, 0.717) is 22.8 Å². The van der Waals surface area contributed by atoms with Crippen LogP contribution < -0.4 is 15.6 Å². The van der Waals surface area contributed by atoms with Crippen LogP contribution >= 0.6 is 11.6 Å². The highest BCUT2D eigenvalue weighted by atomic mass is 35.5. The van der Waals surface area contributed by atoms with Gasteiger partial charge in [-0.2, -0.15) is 4.68 Å². The summed E-state index contributed by atoms with van der Waals surface area (Å²) >= 11 is 6.09. The van der Waals surface area contributed by atoms with Crippen molar-refractivity contribution in [2.45, 2.75) is 26.4 Å². The minimum Gasteiger partial charge on any atom is -0.463 e. The predicted octanol–water partition coefficient (Wildman–Crippen LogP) is 4.13. The first-order valence-electron chi connectivity index (χ1n) is 8.97. The fourth-order valence-electron chi connectivity index (χ4n) is 2.59. The van der Waals surface area contributed by atoms with Gasteiger partial charge in [-0.25, -0.2) is 4.39 Å². The molecule has 0 spiro atoms. The fraction of sp³-hybridized carbons (Fsp3) is 0.190. The van der Waals surface area contributed by atoms with Crippen LogP contribution in [0.1, 0.15) is 18.9 Å². The molecular formula is C21H19ClFN3O3. The molecule has 3 rings (SSSR count). The number of anilines is 1. The van der Waals surface area contributed by atoms with Gasteiger partial charge in [0.25, 0.3) is 11.5 Å². The fourth-order valence-corrected chi connectivity index (χ4v) is 2.77. The molecule has 0 saturated heterocycles. The van der Waals surface area contributed by atoms with E-state index in [9.17, 15) is 14.0 Å². The number of nitrogens with zero attached hydrogens (tertiary/aromatic N) is 2. The van der Waals surface area contributed by atoms with Gasteiger partial charge in [-0.05, 0) is 55.3 Å². The first-order valence-corrected chi connectivity index (χ1v) is 9.35. The van der Waals surface area contributed by atoms with Crippen LogP contribution in [0.4, 0.5) is 10.1 Å². The van der Waals surface area contributed by atoms with Crippen LogP contribution in [0.3, 0.4) is 0 Å². The predicted molar refractivity (Wildman–Crippen MR) is 109 cm³/mol. The highest BCUT2D eigenvalue weighted by Gasteiger charge is 2.20. The Labute approximate surface area is 171 Å². The van der Waals surface area contributed by atoms with E-state index >= 15 is 0 Å². The minimum atomic E-state index is -0.832. The van der Waals surface area contributed by atoms with Crippen LogP contribution in [0.5, 0.6) is 5.88 Å². The van der Waals surface area contributed by atoms with Crippen LogP contribution in [0.25, 0.3) is 5.69 Å². The first-order chi connectivity index (χ1) is 13.9. The second-order valence-electron chi connectivity index (χ2n) is 6.37. The van der Waals surface area contributed by atoms with Crippen molar-refractivity contribution >= 4 is 23.2 Å². The zero-order valence-corrected chi connectivity index (χ0v) is 16.6. The second kappa shape index (κ2) is 8.87. The van der Waals surface area contributed by atoms with Crippen molar-refractivity contribution in [1.29, 1.82) is 0 Å². The van der Waals surface area contributed by atoms with Crippen LogP contribution in [0.15, 0.2) is 59.4 Å². The summed E-state index contributed by atoms with van der Waals surface area (Å²) in [5.74, 6) is -0.695. The Morgan fingerprint density at radius 2 is 1.93 bits per heavy atom. The van der Waals surface area contributed by atoms with Crippen LogP contribution in [-0.4, -0.2) is 21.8 Å². The normalized spacial score (nSPS) is 11.7. The van der Waals surface area contributed by atoms with E-state index in [2.05, 4.69) is 10.4 Å². The van der Waals surface area contributed by atoms with Gasteiger partial charge in [0.15, 0.2) is 6.10 Å². The Kier molecular flexibility index (Phi) is 6.29. The molecule has 0 fully saturated rings. The summed E-state index contributed by atoms with van der Waals surface area (Å²) in [6, 6.07) is 13.2. The lowest BCUT2D eigenvalue weighted by atomic mass is 10.2. The number of carbonyl (C=O) groups excluding carboxylic acids is 1. The number of ether oxygens (including phenoxy) is 1. The monoisotopic (exact) mass is 415 g/mol. The molecule has 0 aliphatic carbocycles. The van der Waals surface area contributed by atoms with Gasteiger partial charge in [0, 0.05) is 22.8 Å². The molecule has 29 heavy (non-hydrogen) atoms. The molecule has 0 aliphatic heterocycles. The maximum atomic E-state index is 13.1. The van der Waals surface area contributed by atoms with Crippen molar-refractivity contribution in [2.75, 3.05) is 5.32 Å². The van der Waals surface area contributed by atoms with Gasteiger partial charge >= 0.3 is 0 Å². The average Bonchev–Trinajstić information content (AvgIpc) is 2.70. The van der Waals surface area contributed by atoms with Crippen LogP contribution in [0, 0.1) is 12.7 Å². The average molecular weight is 416 g/mol. The Morgan fingerprint density at radius 1 is 1.21 bits per heavy atom. The van der Waals surface area contributed by atoms with E-state index in [-0.39, 0.29) is 11.8 Å². The smallest absolute Gasteiger partial charge is 0.271 e. The SMILES string of the molecule is CC[C@H](Oc1ccc(=O)n(-c2ccc(F)cc2)n1)C(=O)Nc1ccc(C)c(Cl)c1. The number of carbonyl (C=O) groups is 1. The number of hydrogen-bond donors (Lipinski definition) is 1. The Balaban J connectivity index is 1.78. The second-order valence-corrected chi connectivity index (χ2v) is 6.77. The van der Waals surface area contributed by atoms with Crippen molar-refractivity contribution in [3.8, 4) is 11.6 Å². The van der Waals surface area contributed by atoms with Gasteiger partial charge in [-0.1, -0.05) is 24.6 Å². The zero-order valence-electron chi connectivity index (χ0n) is 15.9. The van der Waals surface area contributed by atoms with Crippen LogP contribution in [-0.2, 0) is 4.79 Å². The van der Waals surface area contributed by atoms with Crippen LogP contribution in [0.2, 0.25) is 5.02 Å². The summed E-state index contributed by atoms with van der Waals surface area (Å²) in [6.07, 6.45) is -0.454. The number of nitrogens with one attached hydrogen (secondary N) is 1. The van der Waals surface area contributed by atoms with E-state index in [4.69, 9.17) is 16.3 Å². The number of benzene rings is 2. The molecule has 0 bridgehead atoms. The molecule has 1 amide bonds. The van der Waals surface area contributed by atoms with E-state index in [1.165, 1.54) is 36.4 Å². The molecule has 1 heterocycles. The highest BCUT2D eigenvalue weighted by molar-refractivity contribution is 6.31. The highest BCUT2D eigenvalue weighted by Crippen LogP contribution is 2.20. The minimum absolute atomic E-state index is 0.0952. The molecule has 0 radical (unpaired) electrons. The molecule has 2 aromatic carbocycles. The van der Waals surface area contributed by atoms with E-state index in [1.54, 1.807) is 25.1 Å². The number of aryl methyl sites for hydroxylation is 1. The molecule has 8 heteroatoms. The Morgan fingerprint density at radius 3 is 2.59 bits per heavy atom. The van der Waals surface area contributed by atoms with Gasteiger partial charge in [0.05, 0.1) is 5.69 Å². The molecule has 150 valence electrons. The summed E-state index contributed by atoms with van der Waals surface area (Å²) in [6.45, 7) is 3.66. The zero-order chi connectivity index (χ0) is 21.0. The van der Waals surface area contributed by atoms with Gasteiger partial charge < -0.3 is 10.1 Å². The van der Waals surface area contributed by atoms with Crippen molar-refractivity contribution in [3.63, 3.8) is 0 Å². The lowest BCUT2D eigenvalue weighted by Crippen LogP contribution is -2.33.